The number of rotatable bonds is 7. The van der Waals surface area contributed by atoms with Gasteiger partial charge in [-0.25, -0.2) is 22.7 Å². The molecule has 9 nitrogen and oxygen atoms in total. The van der Waals surface area contributed by atoms with Crippen LogP contribution in [0.2, 0.25) is 5.02 Å². The van der Waals surface area contributed by atoms with Crippen LogP contribution in [0.15, 0.2) is 44.4 Å². The Bertz CT molecular complexity index is 1350. The number of carbonyl (C=O) groups is 1. The fourth-order valence-corrected chi connectivity index (χ4v) is 5.07. The van der Waals surface area contributed by atoms with Crippen molar-refractivity contribution in [2.75, 3.05) is 0 Å². The molecule has 2 aromatic carbocycles. The summed E-state index contributed by atoms with van der Waals surface area (Å²) in [5.74, 6) is -3.65. The van der Waals surface area contributed by atoms with Crippen LogP contribution in [0.4, 0.5) is 4.39 Å². The minimum atomic E-state index is -4.43. The standard InChI is InChI=1S/C20H20ClFN4O5S/c1-9-4-6-14(22)16(10(9)2)11(3)17(19-24-25-20(28)31-19)26-32(29,30)15-7-5-12(21)8-13(15)18(23)27/h4-8,11,17,26H,1-3H3,(H2,23,27)(H,25,28)/t11-,17?/m1/s1. The van der Waals surface area contributed by atoms with Crippen LogP contribution in [-0.2, 0) is 10.0 Å². The van der Waals surface area contributed by atoms with Crippen molar-refractivity contribution in [3.63, 3.8) is 0 Å². The zero-order valence-electron chi connectivity index (χ0n) is 17.3. The number of sulfonamides is 1. The van der Waals surface area contributed by atoms with Crippen LogP contribution < -0.4 is 16.2 Å². The predicted molar refractivity (Wildman–Crippen MR) is 114 cm³/mol. The highest BCUT2D eigenvalue weighted by atomic mass is 35.5. The summed E-state index contributed by atoms with van der Waals surface area (Å²) in [4.78, 5) is 22.9. The molecule has 3 aromatic rings. The number of nitrogens with two attached hydrogens (primary N) is 1. The molecule has 12 heteroatoms. The molecule has 0 radical (unpaired) electrons. The van der Waals surface area contributed by atoms with Crippen LogP contribution in [0.25, 0.3) is 0 Å². The number of nitrogens with zero attached hydrogens (tertiary/aromatic N) is 1. The van der Waals surface area contributed by atoms with Gasteiger partial charge in [0.05, 0.1) is 10.5 Å². The fourth-order valence-electron chi connectivity index (χ4n) is 3.43. The number of hydrogen-bond acceptors (Lipinski definition) is 6. The Morgan fingerprint density at radius 1 is 1.28 bits per heavy atom. The summed E-state index contributed by atoms with van der Waals surface area (Å²) in [5.41, 5.74) is 6.58. The Morgan fingerprint density at radius 2 is 1.97 bits per heavy atom. The maximum Gasteiger partial charge on any atom is 0.434 e. The van der Waals surface area contributed by atoms with Crippen molar-refractivity contribution in [3.8, 4) is 0 Å². The van der Waals surface area contributed by atoms with E-state index in [4.69, 9.17) is 21.8 Å². The van der Waals surface area contributed by atoms with Crippen LogP contribution in [0.3, 0.4) is 0 Å². The Labute approximate surface area is 187 Å². The van der Waals surface area contributed by atoms with E-state index in [2.05, 4.69) is 14.9 Å². The van der Waals surface area contributed by atoms with Gasteiger partial charge in [0, 0.05) is 10.9 Å². The quantitative estimate of drug-likeness (QED) is 0.471. The summed E-state index contributed by atoms with van der Waals surface area (Å²) < 4.78 is 48.6. The fraction of sp³-hybridized carbons (Fsp3) is 0.250. The van der Waals surface area contributed by atoms with Gasteiger partial charge in [0.15, 0.2) is 0 Å². The number of nitrogens with one attached hydrogen (secondary N) is 2. The number of aromatic amines is 1. The second-order valence-corrected chi connectivity index (χ2v) is 9.37. The molecule has 4 N–H and O–H groups in total. The van der Waals surface area contributed by atoms with Crippen molar-refractivity contribution in [1.82, 2.24) is 14.9 Å². The SMILES string of the molecule is Cc1ccc(F)c([C@@H](C)C(NS(=O)(=O)c2ccc(Cl)cc2C(N)=O)c2n[nH]c(=O)o2)c1C. The highest BCUT2D eigenvalue weighted by Gasteiger charge is 2.34. The first-order valence-corrected chi connectivity index (χ1v) is 11.2. The van der Waals surface area contributed by atoms with E-state index < -0.39 is 44.4 Å². The molecule has 1 aromatic heterocycles. The molecule has 0 saturated heterocycles. The number of hydrogen-bond donors (Lipinski definition) is 3. The van der Waals surface area contributed by atoms with E-state index in [1.807, 2.05) is 0 Å². The molecular weight excluding hydrogens is 463 g/mol. The van der Waals surface area contributed by atoms with Gasteiger partial charge in [-0.2, -0.15) is 4.72 Å². The number of primary amides is 1. The normalized spacial score (nSPS) is 13.7. The maximum atomic E-state index is 14.8. The lowest BCUT2D eigenvalue weighted by molar-refractivity contribution is 0.0997. The number of carbonyl (C=O) groups excluding carboxylic acids is 1. The third kappa shape index (κ3) is 4.59. The first-order chi connectivity index (χ1) is 14.9. The number of amides is 1. The second kappa shape index (κ2) is 8.85. The van der Waals surface area contributed by atoms with Crippen molar-refractivity contribution < 1.29 is 22.0 Å². The summed E-state index contributed by atoms with van der Waals surface area (Å²) in [5, 5.41) is 5.90. The highest BCUT2D eigenvalue weighted by molar-refractivity contribution is 7.89. The molecule has 0 bridgehead atoms. The second-order valence-electron chi connectivity index (χ2n) is 7.25. The zero-order valence-corrected chi connectivity index (χ0v) is 18.8. The Hall–Kier alpha value is -3.02. The summed E-state index contributed by atoms with van der Waals surface area (Å²) >= 11 is 5.87. The minimum absolute atomic E-state index is 0.110. The molecule has 0 saturated carbocycles. The van der Waals surface area contributed by atoms with E-state index in [0.29, 0.717) is 5.56 Å². The van der Waals surface area contributed by atoms with Crippen LogP contribution in [0, 0.1) is 19.7 Å². The van der Waals surface area contributed by atoms with E-state index in [1.165, 1.54) is 12.1 Å². The Morgan fingerprint density at radius 3 is 2.56 bits per heavy atom. The third-order valence-electron chi connectivity index (χ3n) is 5.19. The molecule has 0 aliphatic carbocycles. The monoisotopic (exact) mass is 482 g/mol. The number of H-pyrrole nitrogens is 1. The molecule has 1 heterocycles. The van der Waals surface area contributed by atoms with Gasteiger partial charge < -0.3 is 10.2 Å². The average molecular weight is 483 g/mol. The first kappa shape index (κ1) is 23.6. The van der Waals surface area contributed by atoms with Gasteiger partial charge in [-0.1, -0.05) is 24.6 Å². The molecule has 2 atom stereocenters. The molecule has 0 fully saturated rings. The molecule has 0 spiro atoms. The highest BCUT2D eigenvalue weighted by Crippen LogP contribution is 2.35. The van der Waals surface area contributed by atoms with Crippen molar-refractivity contribution in [3.05, 3.63) is 79.9 Å². The van der Waals surface area contributed by atoms with Gasteiger partial charge in [0.2, 0.25) is 21.8 Å². The van der Waals surface area contributed by atoms with Crippen LogP contribution in [-0.4, -0.2) is 24.5 Å². The molecule has 3 rings (SSSR count). The largest absolute Gasteiger partial charge is 0.434 e. The number of aromatic nitrogens is 2. The smallest absolute Gasteiger partial charge is 0.391 e. The predicted octanol–water partition coefficient (Wildman–Crippen LogP) is 2.69. The first-order valence-electron chi connectivity index (χ1n) is 9.35. The lowest BCUT2D eigenvalue weighted by Gasteiger charge is -2.25. The summed E-state index contributed by atoms with van der Waals surface area (Å²) in [7, 11) is -4.43. The number of halogens is 2. The minimum Gasteiger partial charge on any atom is -0.391 e. The molecule has 0 aliphatic heterocycles. The van der Waals surface area contributed by atoms with E-state index in [-0.39, 0.29) is 22.0 Å². The zero-order chi connectivity index (χ0) is 23.8. The van der Waals surface area contributed by atoms with Gasteiger partial charge in [-0.3, -0.25) is 4.79 Å². The van der Waals surface area contributed by atoms with Crippen LogP contribution in [0.5, 0.6) is 0 Å². The molecule has 170 valence electrons. The van der Waals surface area contributed by atoms with Crippen molar-refractivity contribution in [2.24, 2.45) is 5.73 Å². The average Bonchev–Trinajstić information content (AvgIpc) is 3.15. The van der Waals surface area contributed by atoms with Crippen molar-refractivity contribution >= 4 is 27.5 Å². The van der Waals surface area contributed by atoms with E-state index in [0.717, 1.165) is 17.7 Å². The topological polar surface area (TPSA) is 148 Å². The molecule has 0 aliphatic rings. The molecule has 1 amide bonds. The van der Waals surface area contributed by atoms with Crippen LogP contribution in [0.1, 0.15) is 51.8 Å². The van der Waals surface area contributed by atoms with Gasteiger partial charge in [-0.15, -0.1) is 5.10 Å². The van der Waals surface area contributed by atoms with Crippen molar-refractivity contribution in [2.45, 2.75) is 37.6 Å². The van der Waals surface area contributed by atoms with Gasteiger partial charge in [0.1, 0.15) is 11.9 Å². The van der Waals surface area contributed by atoms with Gasteiger partial charge in [0.25, 0.3) is 0 Å². The molecule has 32 heavy (non-hydrogen) atoms. The third-order valence-corrected chi connectivity index (χ3v) is 6.92. The molecular formula is C20H20ClFN4O5S. The lowest BCUT2D eigenvalue weighted by atomic mass is 9.88. The summed E-state index contributed by atoms with van der Waals surface area (Å²) in [6.45, 7) is 5.04. The van der Waals surface area contributed by atoms with Crippen molar-refractivity contribution in [1.29, 1.82) is 0 Å². The Balaban J connectivity index is 2.14. The van der Waals surface area contributed by atoms with Crippen LogP contribution >= 0.6 is 11.6 Å². The van der Waals surface area contributed by atoms with E-state index >= 15 is 0 Å². The van der Waals surface area contributed by atoms with Gasteiger partial charge >= 0.3 is 5.76 Å². The molecule has 1 unspecified atom stereocenters. The van der Waals surface area contributed by atoms with Gasteiger partial charge in [-0.05, 0) is 54.8 Å². The number of benzene rings is 2. The summed E-state index contributed by atoms with van der Waals surface area (Å²) in [6, 6.07) is 5.08. The lowest BCUT2D eigenvalue weighted by Crippen LogP contribution is -2.34. The van der Waals surface area contributed by atoms with E-state index in [1.54, 1.807) is 26.8 Å². The summed E-state index contributed by atoms with van der Waals surface area (Å²) in [6.07, 6.45) is 0. The van der Waals surface area contributed by atoms with E-state index in [9.17, 15) is 22.4 Å². The maximum absolute atomic E-state index is 14.8. The Kier molecular flexibility index (Phi) is 6.54. The number of aryl methyl sites for hydroxylation is 1.